The van der Waals surface area contributed by atoms with E-state index in [1.165, 1.54) is 4.31 Å². The Labute approximate surface area is 116 Å². The minimum atomic E-state index is -3.39. The Morgan fingerprint density at radius 3 is 2.47 bits per heavy atom. The van der Waals surface area contributed by atoms with Crippen molar-refractivity contribution >= 4 is 10.0 Å². The van der Waals surface area contributed by atoms with Crippen LogP contribution in [-0.4, -0.2) is 32.9 Å². The Balaban J connectivity index is 2.99. The van der Waals surface area contributed by atoms with Gasteiger partial charge in [0.2, 0.25) is 10.0 Å². The largest absolute Gasteiger partial charge is 0.494 e. The second kappa shape index (κ2) is 6.91. The van der Waals surface area contributed by atoms with Crippen molar-refractivity contribution < 1.29 is 13.2 Å². The molecule has 5 heteroatoms. The van der Waals surface area contributed by atoms with E-state index >= 15 is 0 Å². The highest BCUT2D eigenvalue weighted by Crippen LogP contribution is 2.23. The van der Waals surface area contributed by atoms with Crippen LogP contribution in [0, 0.1) is 6.92 Å². The third-order valence-electron chi connectivity index (χ3n) is 2.98. The van der Waals surface area contributed by atoms with E-state index in [0.717, 1.165) is 24.2 Å². The number of hydrogen-bond donors (Lipinski definition) is 0. The van der Waals surface area contributed by atoms with Gasteiger partial charge in [-0.15, -0.1) is 0 Å². The molecule has 4 nitrogen and oxygen atoms in total. The molecule has 0 fully saturated rings. The van der Waals surface area contributed by atoms with Crippen LogP contribution in [0.1, 0.15) is 32.3 Å². The SMILES string of the molecule is CCCCN(C)S(=O)(=O)c1ccc(OCC)c(C)c1. The van der Waals surface area contributed by atoms with E-state index in [2.05, 4.69) is 0 Å². The summed E-state index contributed by atoms with van der Waals surface area (Å²) < 4.78 is 31.5. The quantitative estimate of drug-likeness (QED) is 0.774. The molecule has 0 heterocycles. The van der Waals surface area contributed by atoms with Gasteiger partial charge >= 0.3 is 0 Å². The highest BCUT2D eigenvalue weighted by atomic mass is 32.2. The number of nitrogens with zero attached hydrogens (tertiary/aromatic N) is 1. The number of ether oxygens (including phenoxy) is 1. The number of unbranched alkanes of at least 4 members (excludes halogenated alkanes) is 1. The number of hydrogen-bond acceptors (Lipinski definition) is 3. The fourth-order valence-corrected chi connectivity index (χ4v) is 3.08. The van der Waals surface area contributed by atoms with E-state index in [0.29, 0.717) is 18.0 Å². The molecule has 1 aromatic rings. The molecule has 1 rings (SSSR count). The average molecular weight is 285 g/mol. The van der Waals surface area contributed by atoms with Gasteiger partial charge in [-0.1, -0.05) is 13.3 Å². The van der Waals surface area contributed by atoms with Gasteiger partial charge in [0.15, 0.2) is 0 Å². The Morgan fingerprint density at radius 1 is 1.26 bits per heavy atom. The topological polar surface area (TPSA) is 46.6 Å². The number of aryl methyl sites for hydroxylation is 1. The first-order valence-corrected chi connectivity index (χ1v) is 8.07. The lowest BCUT2D eigenvalue weighted by atomic mass is 10.2. The zero-order chi connectivity index (χ0) is 14.5. The monoisotopic (exact) mass is 285 g/mol. The fourth-order valence-electron chi connectivity index (χ4n) is 1.78. The summed E-state index contributed by atoms with van der Waals surface area (Å²) in [5.41, 5.74) is 0.840. The summed E-state index contributed by atoms with van der Waals surface area (Å²) in [5, 5.41) is 0. The smallest absolute Gasteiger partial charge is 0.242 e. The minimum absolute atomic E-state index is 0.326. The van der Waals surface area contributed by atoms with Crippen LogP contribution in [0.2, 0.25) is 0 Å². The molecule has 0 aromatic heterocycles. The van der Waals surface area contributed by atoms with Crippen LogP contribution in [0.5, 0.6) is 5.75 Å². The maximum absolute atomic E-state index is 12.3. The Morgan fingerprint density at radius 2 is 1.95 bits per heavy atom. The van der Waals surface area contributed by atoms with Crippen LogP contribution in [0.25, 0.3) is 0 Å². The van der Waals surface area contributed by atoms with Crippen molar-refractivity contribution in [1.82, 2.24) is 4.31 Å². The van der Waals surface area contributed by atoms with Crippen molar-refractivity contribution in [2.45, 2.75) is 38.5 Å². The zero-order valence-corrected chi connectivity index (χ0v) is 13.0. The van der Waals surface area contributed by atoms with Crippen LogP contribution in [0.4, 0.5) is 0 Å². The van der Waals surface area contributed by atoms with E-state index in [1.54, 1.807) is 25.2 Å². The van der Waals surface area contributed by atoms with Gasteiger partial charge in [0.25, 0.3) is 0 Å². The molecule has 108 valence electrons. The predicted octanol–water partition coefficient (Wildman–Crippen LogP) is 2.81. The summed E-state index contributed by atoms with van der Waals surface area (Å²) in [6.07, 6.45) is 1.84. The standard InChI is InChI=1S/C14H23NO3S/c1-5-7-10-15(4)19(16,17)13-8-9-14(18-6-2)12(3)11-13/h8-9,11H,5-7,10H2,1-4H3. The maximum atomic E-state index is 12.3. The molecule has 0 aliphatic heterocycles. The normalized spacial score (nSPS) is 11.8. The van der Waals surface area contributed by atoms with E-state index in [9.17, 15) is 8.42 Å². The molecule has 0 spiro atoms. The Kier molecular flexibility index (Phi) is 5.82. The molecule has 0 bridgehead atoms. The maximum Gasteiger partial charge on any atom is 0.242 e. The van der Waals surface area contributed by atoms with Crippen LogP contribution in [0.3, 0.4) is 0 Å². The number of sulfonamides is 1. The summed E-state index contributed by atoms with van der Waals surface area (Å²) >= 11 is 0. The number of rotatable bonds is 7. The lowest BCUT2D eigenvalue weighted by Crippen LogP contribution is -2.28. The molecule has 0 amide bonds. The van der Waals surface area contributed by atoms with Gasteiger partial charge in [-0.2, -0.15) is 0 Å². The van der Waals surface area contributed by atoms with Gasteiger partial charge in [-0.25, -0.2) is 12.7 Å². The molecule has 0 aliphatic carbocycles. The van der Waals surface area contributed by atoms with Gasteiger partial charge in [0.05, 0.1) is 11.5 Å². The third-order valence-corrected chi connectivity index (χ3v) is 4.83. The summed E-state index contributed by atoms with van der Waals surface area (Å²) in [6, 6.07) is 5.00. The van der Waals surface area contributed by atoms with Crippen LogP contribution >= 0.6 is 0 Å². The second-order valence-electron chi connectivity index (χ2n) is 4.54. The highest BCUT2D eigenvalue weighted by Gasteiger charge is 2.20. The van der Waals surface area contributed by atoms with Crippen LogP contribution in [-0.2, 0) is 10.0 Å². The summed E-state index contributed by atoms with van der Waals surface area (Å²) in [6.45, 7) is 6.93. The summed E-state index contributed by atoms with van der Waals surface area (Å²) in [4.78, 5) is 0.326. The molecule has 0 N–H and O–H groups in total. The summed E-state index contributed by atoms with van der Waals surface area (Å²) in [7, 11) is -1.77. The molecule has 0 saturated heterocycles. The number of benzene rings is 1. The molecule has 0 unspecified atom stereocenters. The highest BCUT2D eigenvalue weighted by molar-refractivity contribution is 7.89. The van der Waals surface area contributed by atoms with Gasteiger partial charge in [0.1, 0.15) is 5.75 Å². The van der Waals surface area contributed by atoms with Crippen LogP contribution < -0.4 is 4.74 Å². The molecular formula is C14H23NO3S. The van der Waals surface area contributed by atoms with Gasteiger partial charge in [-0.3, -0.25) is 0 Å². The van der Waals surface area contributed by atoms with Gasteiger partial charge < -0.3 is 4.74 Å². The third kappa shape index (κ3) is 3.94. The lowest BCUT2D eigenvalue weighted by molar-refractivity contribution is 0.337. The fraction of sp³-hybridized carbons (Fsp3) is 0.571. The van der Waals surface area contributed by atoms with Crippen molar-refractivity contribution in [1.29, 1.82) is 0 Å². The van der Waals surface area contributed by atoms with Gasteiger partial charge in [0, 0.05) is 13.6 Å². The van der Waals surface area contributed by atoms with Crippen molar-refractivity contribution in [3.63, 3.8) is 0 Å². The molecule has 0 aliphatic rings. The van der Waals surface area contributed by atoms with Crippen molar-refractivity contribution in [3.8, 4) is 5.75 Å². The molecular weight excluding hydrogens is 262 g/mol. The predicted molar refractivity (Wildman–Crippen MR) is 77.1 cm³/mol. The lowest BCUT2D eigenvalue weighted by Gasteiger charge is -2.17. The summed E-state index contributed by atoms with van der Waals surface area (Å²) in [5.74, 6) is 0.734. The molecule has 1 aromatic carbocycles. The molecule has 0 atom stereocenters. The zero-order valence-electron chi connectivity index (χ0n) is 12.1. The van der Waals surface area contributed by atoms with Gasteiger partial charge in [-0.05, 0) is 44.0 Å². The molecule has 19 heavy (non-hydrogen) atoms. The van der Waals surface area contributed by atoms with Crippen LogP contribution in [0.15, 0.2) is 23.1 Å². The Bertz CT molecular complexity index is 511. The Hall–Kier alpha value is -1.07. The average Bonchev–Trinajstić information content (AvgIpc) is 2.38. The van der Waals surface area contributed by atoms with E-state index < -0.39 is 10.0 Å². The van der Waals surface area contributed by atoms with E-state index in [4.69, 9.17) is 4.74 Å². The first-order valence-electron chi connectivity index (χ1n) is 6.63. The first-order chi connectivity index (χ1) is 8.93. The molecule has 0 radical (unpaired) electrons. The van der Waals surface area contributed by atoms with Crippen molar-refractivity contribution in [3.05, 3.63) is 23.8 Å². The minimum Gasteiger partial charge on any atom is -0.494 e. The first kappa shape index (κ1) is 16.0. The van der Waals surface area contributed by atoms with Crippen molar-refractivity contribution in [2.24, 2.45) is 0 Å². The van der Waals surface area contributed by atoms with Crippen molar-refractivity contribution in [2.75, 3.05) is 20.2 Å². The second-order valence-corrected chi connectivity index (χ2v) is 6.59. The molecule has 0 saturated carbocycles. The van der Waals surface area contributed by atoms with E-state index in [1.807, 2.05) is 20.8 Å². The van der Waals surface area contributed by atoms with E-state index in [-0.39, 0.29) is 0 Å².